The van der Waals surface area contributed by atoms with Gasteiger partial charge in [0.15, 0.2) is 0 Å². The molecule has 0 spiro atoms. The van der Waals surface area contributed by atoms with Gasteiger partial charge in [-0.3, -0.25) is 4.79 Å². The molecule has 0 aliphatic heterocycles. The Morgan fingerprint density at radius 2 is 1.97 bits per heavy atom. The molecule has 1 heterocycles. The summed E-state index contributed by atoms with van der Waals surface area (Å²) in [7, 11) is 1.64. The summed E-state index contributed by atoms with van der Waals surface area (Å²) < 4.78 is 20.7. The first kappa shape index (κ1) is 23.0. The van der Waals surface area contributed by atoms with Crippen LogP contribution in [0.2, 0.25) is 0 Å². The Hall–Kier alpha value is -2.71. The van der Waals surface area contributed by atoms with Crippen LogP contribution < -0.4 is 0 Å². The van der Waals surface area contributed by atoms with Gasteiger partial charge in [-0.25, -0.2) is 14.2 Å². The third-order valence-electron chi connectivity index (χ3n) is 4.05. The third kappa shape index (κ3) is 6.15. The molecule has 162 valence electrons. The number of benzene rings is 2. The zero-order chi connectivity index (χ0) is 22.6. The zero-order valence-corrected chi connectivity index (χ0v) is 19.3. The maximum absolute atomic E-state index is 14.5. The lowest BCUT2D eigenvalue weighted by Gasteiger charge is -2.24. The Bertz CT molecular complexity index is 1090. The van der Waals surface area contributed by atoms with Crippen LogP contribution in [0.15, 0.2) is 57.6 Å². The predicted molar refractivity (Wildman–Crippen MR) is 121 cm³/mol. The molecule has 0 saturated heterocycles. The average molecular weight is 459 g/mol. The van der Waals surface area contributed by atoms with Gasteiger partial charge in [-0.2, -0.15) is 0 Å². The highest BCUT2D eigenvalue weighted by Gasteiger charge is 2.23. The molecule has 1 aromatic heterocycles. The predicted octanol–water partition coefficient (Wildman–Crippen LogP) is 6.28. The summed E-state index contributed by atoms with van der Waals surface area (Å²) >= 11 is 2.79. The summed E-state index contributed by atoms with van der Waals surface area (Å²) in [6.45, 7) is 5.65. The van der Waals surface area contributed by atoms with Crippen molar-refractivity contribution in [2.24, 2.45) is 0 Å². The van der Waals surface area contributed by atoms with E-state index < -0.39 is 11.7 Å². The van der Waals surface area contributed by atoms with Crippen molar-refractivity contribution in [2.75, 3.05) is 7.05 Å². The number of aldehydes is 1. The van der Waals surface area contributed by atoms with E-state index in [1.165, 1.54) is 34.1 Å². The fourth-order valence-corrected chi connectivity index (χ4v) is 5.09. The minimum atomic E-state index is -0.600. The van der Waals surface area contributed by atoms with Gasteiger partial charge in [-0.15, -0.1) is 11.3 Å². The molecule has 3 rings (SSSR count). The number of carbonyl (C=O) groups excluding carboxylic acids is 2. The van der Waals surface area contributed by atoms with Gasteiger partial charge in [0.2, 0.25) is 0 Å². The normalized spacial score (nSPS) is 11.3. The second kappa shape index (κ2) is 9.62. The first-order chi connectivity index (χ1) is 14.7. The number of hydrogen-bond acceptors (Lipinski definition) is 6. The van der Waals surface area contributed by atoms with Crippen LogP contribution in [-0.2, 0) is 11.3 Å². The topological polar surface area (TPSA) is 59.5 Å². The number of ether oxygens (including phenoxy) is 1. The fourth-order valence-electron chi connectivity index (χ4n) is 2.67. The van der Waals surface area contributed by atoms with Gasteiger partial charge < -0.3 is 9.64 Å². The Labute approximate surface area is 189 Å². The Balaban J connectivity index is 1.93. The number of amides is 1. The van der Waals surface area contributed by atoms with E-state index in [-0.39, 0.29) is 12.4 Å². The summed E-state index contributed by atoms with van der Waals surface area (Å²) in [6, 6.07) is 13.6. The first-order valence-corrected chi connectivity index (χ1v) is 11.2. The van der Waals surface area contributed by atoms with E-state index in [4.69, 9.17) is 4.74 Å². The molecule has 31 heavy (non-hydrogen) atoms. The van der Waals surface area contributed by atoms with E-state index in [2.05, 4.69) is 4.98 Å². The van der Waals surface area contributed by atoms with Crippen molar-refractivity contribution in [1.82, 2.24) is 9.88 Å². The minimum Gasteiger partial charge on any atom is -0.444 e. The molecule has 0 aliphatic carbocycles. The van der Waals surface area contributed by atoms with Crippen molar-refractivity contribution in [3.8, 4) is 11.3 Å². The minimum absolute atomic E-state index is 0.232. The molecular weight excluding hydrogens is 435 g/mol. The molecule has 8 heteroatoms. The largest absolute Gasteiger partial charge is 0.444 e. The standard InChI is InChI=1S/C23H23FN2O3S2/c1-23(2,3)29-22(28)26(4)13-19-25-20(17-10-5-6-11-18(17)24)21(31-19)30-16-9-7-8-15(12-16)14-27/h5-12,14H,13H2,1-4H3. The number of aromatic nitrogens is 1. The molecule has 5 nitrogen and oxygen atoms in total. The quantitative estimate of drug-likeness (QED) is 0.407. The summed E-state index contributed by atoms with van der Waals surface area (Å²) in [5.41, 5.74) is 0.861. The van der Waals surface area contributed by atoms with Crippen molar-refractivity contribution < 1.29 is 18.7 Å². The van der Waals surface area contributed by atoms with Crippen LogP contribution in [0, 0.1) is 5.82 Å². The van der Waals surface area contributed by atoms with Crippen LogP contribution in [0.3, 0.4) is 0 Å². The second-order valence-corrected chi connectivity index (χ2v) is 10.3. The highest BCUT2D eigenvalue weighted by molar-refractivity contribution is 8.01. The molecule has 0 atom stereocenters. The van der Waals surface area contributed by atoms with Gasteiger partial charge in [0, 0.05) is 23.1 Å². The van der Waals surface area contributed by atoms with Crippen LogP contribution in [0.25, 0.3) is 11.3 Å². The van der Waals surface area contributed by atoms with E-state index in [1.54, 1.807) is 64.2 Å². The van der Waals surface area contributed by atoms with Gasteiger partial charge in [0.25, 0.3) is 0 Å². The van der Waals surface area contributed by atoms with Crippen molar-refractivity contribution in [3.63, 3.8) is 0 Å². The Kier molecular flexibility index (Phi) is 7.12. The molecule has 0 N–H and O–H groups in total. The van der Waals surface area contributed by atoms with E-state index in [9.17, 15) is 14.0 Å². The Morgan fingerprint density at radius 1 is 1.23 bits per heavy atom. The summed E-state index contributed by atoms with van der Waals surface area (Å²) in [4.78, 5) is 30.4. The summed E-state index contributed by atoms with van der Waals surface area (Å²) in [5, 5.41) is 0.653. The van der Waals surface area contributed by atoms with Crippen LogP contribution in [-0.4, -0.2) is 34.9 Å². The zero-order valence-electron chi connectivity index (χ0n) is 17.7. The van der Waals surface area contributed by atoms with Crippen LogP contribution in [0.4, 0.5) is 9.18 Å². The lowest BCUT2D eigenvalue weighted by atomic mass is 10.1. The number of hydrogen-bond donors (Lipinski definition) is 0. The molecule has 1 amide bonds. The number of rotatable bonds is 6. The fraction of sp³-hybridized carbons (Fsp3) is 0.261. The lowest BCUT2D eigenvalue weighted by Crippen LogP contribution is -2.33. The average Bonchev–Trinajstić information content (AvgIpc) is 3.09. The maximum Gasteiger partial charge on any atom is 0.410 e. The molecule has 0 unspecified atom stereocenters. The number of carbonyl (C=O) groups is 2. The van der Waals surface area contributed by atoms with E-state index in [0.29, 0.717) is 21.8 Å². The third-order valence-corrected chi connectivity index (χ3v) is 6.25. The van der Waals surface area contributed by atoms with Gasteiger partial charge in [0.05, 0.1) is 16.4 Å². The van der Waals surface area contributed by atoms with E-state index >= 15 is 0 Å². The van der Waals surface area contributed by atoms with Crippen molar-refractivity contribution in [3.05, 3.63) is 64.9 Å². The highest BCUT2D eigenvalue weighted by Crippen LogP contribution is 2.41. The molecule has 3 aromatic rings. The van der Waals surface area contributed by atoms with Crippen LogP contribution in [0.1, 0.15) is 36.1 Å². The van der Waals surface area contributed by atoms with Crippen LogP contribution >= 0.6 is 23.1 Å². The molecule has 0 radical (unpaired) electrons. The number of nitrogens with zero attached hydrogens (tertiary/aromatic N) is 2. The molecule has 0 fully saturated rings. The van der Waals surface area contributed by atoms with Gasteiger partial charge in [-0.1, -0.05) is 36.0 Å². The van der Waals surface area contributed by atoms with Gasteiger partial charge >= 0.3 is 6.09 Å². The van der Waals surface area contributed by atoms with E-state index in [1.807, 2.05) is 6.07 Å². The van der Waals surface area contributed by atoms with Crippen molar-refractivity contribution in [2.45, 2.75) is 42.0 Å². The maximum atomic E-state index is 14.5. The van der Waals surface area contributed by atoms with Crippen molar-refractivity contribution in [1.29, 1.82) is 0 Å². The highest BCUT2D eigenvalue weighted by atomic mass is 32.2. The number of halogens is 1. The van der Waals surface area contributed by atoms with E-state index in [0.717, 1.165) is 15.4 Å². The number of thiazole rings is 1. The Morgan fingerprint density at radius 3 is 2.65 bits per heavy atom. The smallest absolute Gasteiger partial charge is 0.410 e. The van der Waals surface area contributed by atoms with Gasteiger partial charge in [0.1, 0.15) is 22.7 Å². The van der Waals surface area contributed by atoms with Crippen molar-refractivity contribution >= 4 is 35.5 Å². The molecule has 0 saturated carbocycles. The monoisotopic (exact) mass is 458 g/mol. The lowest BCUT2D eigenvalue weighted by molar-refractivity contribution is 0.0285. The summed E-state index contributed by atoms with van der Waals surface area (Å²) in [5.74, 6) is -0.372. The SMILES string of the molecule is CN(Cc1nc(-c2ccccc2F)c(Sc2cccc(C=O)c2)s1)C(=O)OC(C)(C)C. The molecule has 0 aliphatic rings. The van der Waals surface area contributed by atoms with Crippen LogP contribution in [0.5, 0.6) is 0 Å². The molecule has 0 bridgehead atoms. The van der Waals surface area contributed by atoms with Gasteiger partial charge in [-0.05, 0) is 45.0 Å². The first-order valence-electron chi connectivity index (χ1n) is 9.58. The second-order valence-electron chi connectivity index (χ2n) is 7.85. The molecular formula is C23H23FN2O3S2. The molecule has 2 aromatic carbocycles. The summed E-state index contributed by atoms with van der Waals surface area (Å²) in [6.07, 6.45) is 0.332.